The van der Waals surface area contributed by atoms with E-state index in [1.165, 1.54) is 12.7 Å². The van der Waals surface area contributed by atoms with E-state index < -0.39 is 0 Å². The fourth-order valence-electron chi connectivity index (χ4n) is 4.49. The van der Waals surface area contributed by atoms with E-state index in [4.69, 9.17) is 11.1 Å². The van der Waals surface area contributed by atoms with Gasteiger partial charge >= 0.3 is 0 Å². The molecule has 0 aliphatic carbocycles. The SMILES string of the molecule is [2H]C1=NCC=C(c2ncn3ncnc(Nc4ccc(Oc5ccn6ncnc6c5)c(C)c4)c23)C1C(C)(C)C. The summed E-state index contributed by atoms with van der Waals surface area (Å²) in [6, 6.07) is 9.56. The second-order valence-corrected chi connectivity index (χ2v) is 10.1. The lowest BCUT2D eigenvalue weighted by atomic mass is 9.75. The highest BCUT2D eigenvalue weighted by molar-refractivity contribution is 5.92. The number of hydrogen-bond acceptors (Lipinski definition) is 8. The maximum absolute atomic E-state index is 8.52. The normalized spacial score (nSPS) is 16.4. The van der Waals surface area contributed by atoms with Crippen LogP contribution in [-0.4, -0.2) is 46.9 Å². The van der Waals surface area contributed by atoms with Crippen LogP contribution in [0.5, 0.6) is 11.5 Å². The summed E-state index contributed by atoms with van der Waals surface area (Å²) in [5, 5.41) is 11.9. The first-order valence-electron chi connectivity index (χ1n) is 12.5. The van der Waals surface area contributed by atoms with Crippen LogP contribution in [-0.2, 0) is 0 Å². The molecule has 1 N–H and O–H groups in total. The van der Waals surface area contributed by atoms with E-state index >= 15 is 0 Å². The average molecular weight is 495 g/mol. The number of dihydropyridines is 1. The minimum Gasteiger partial charge on any atom is -0.457 e. The number of anilines is 2. The number of rotatable bonds is 5. The molecule has 4 aromatic heterocycles. The highest BCUT2D eigenvalue weighted by atomic mass is 16.5. The molecule has 5 aromatic rings. The fraction of sp³-hybridized carbons (Fsp3) is 0.259. The first kappa shape index (κ1) is 21.7. The van der Waals surface area contributed by atoms with E-state index in [2.05, 4.69) is 57.3 Å². The van der Waals surface area contributed by atoms with Crippen molar-refractivity contribution in [2.24, 2.45) is 16.3 Å². The first-order valence-corrected chi connectivity index (χ1v) is 12.0. The Morgan fingerprint density at radius 1 is 1.05 bits per heavy atom. The lowest BCUT2D eigenvalue weighted by molar-refractivity contribution is 0.372. The van der Waals surface area contributed by atoms with Crippen LogP contribution >= 0.6 is 0 Å². The summed E-state index contributed by atoms with van der Waals surface area (Å²) in [7, 11) is 0. The maximum atomic E-state index is 8.52. The molecule has 0 fully saturated rings. The Morgan fingerprint density at radius 2 is 1.89 bits per heavy atom. The number of hydrogen-bond donors (Lipinski definition) is 1. The van der Waals surface area contributed by atoms with Gasteiger partial charge in [-0.3, -0.25) is 4.99 Å². The molecule has 0 spiro atoms. The van der Waals surface area contributed by atoms with Gasteiger partial charge in [0.15, 0.2) is 11.5 Å². The second-order valence-electron chi connectivity index (χ2n) is 10.1. The smallest absolute Gasteiger partial charge is 0.160 e. The van der Waals surface area contributed by atoms with Gasteiger partial charge in [0.2, 0.25) is 0 Å². The topological polar surface area (TPSA) is 107 Å². The average Bonchev–Trinajstić information content (AvgIpc) is 3.52. The molecule has 6 rings (SSSR count). The van der Waals surface area contributed by atoms with Gasteiger partial charge in [-0.05, 0) is 47.7 Å². The number of ether oxygens (including phenoxy) is 1. The zero-order valence-corrected chi connectivity index (χ0v) is 21.0. The Hall–Kier alpha value is -4.60. The summed E-state index contributed by atoms with van der Waals surface area (Å²) in [5.74, 6) is 1.86. The van der Waals surface area contributed by atoms with Crippen molar-refractivity contribution in [3.05, 3.63) is 72.8 Å². The molecule has 5 heterocycles. The summed E-state index contributed by atoms with van der Waals surface area (Å²) in [5.41, 5.74) is 4.81. The van der Waals surface area contributed by atoms with Gasteiger partial charge in [-0.2, -0.15) is 10.2 Å². The Morgan fingerprint density at radius 3 is 2.73 bits per heavy atom. The minimum atomic E-state index is -0.197. The number of aryl methyl sites for hydroxylation is 1. The van der Waals surface area contributed by atoms with Gasteiger partial charge in [0, 0.05) is 30.1 Å². The van der Waals surface area contributed by atoms with Crippen LogP contribution < -0.4 is 10.1 Å². The number of aromatic nitrogens is 7. The van der Waals surface area contributed by atoms with Gasteiger partial charge < -0.3 is 10.1 Å². The molecule has 0 bridgehead atoms. The Bertz CT molecular complexity index is 1730. The van der Waals surface area contributed by atoms with Crippen LogP contribution in [0, 0.1) is 18.3 Å². The van der Waals surface area contributed by atoms with Crippen LogP contribution in [0.3, 0.4) is 0 Å². The zero-order valence-electron chi connectivity index (χ0n) is 22.0. The van der Waals surface area contributed by atoms with Crippen molar-refractivity contribution in [2.45, 2.75) is 27.7 Å². The van der Waals surface area contributed by atoms with Crippen molar-refractivity contribution in [1.29, 1.82) is 0 Å². The van der Waals surface area contributed by atoms with Gasteiger partial charge in [0.1, 0.15) is 36.0 Å². The highest BCUT2D eigenvalue weighted by Gasteiger charge is 2.31. The van der Waals surface area contributed by atoms with Crippen molar-refractivity contribution in [2.75, 3.05) is 11.9 Å². The third kappa shape index (κ3) is 4.31. The molecule has 0 saturated carbocycles. The van der Waals surface area contributed by atoms with Crippen molar-refractivity contribution in [3.8, 4) is 11.5 Å². The maximum Gasteiger partial charge on any atom is 0.160 e. The number of fused-ring (bicyclic) bond motifs is 2. The number of imidazole rings is 1. The molecule has 0 saturated heterocycles. The third-order valence-corrected chi connectivity index (χ3v) is 6.33. The van der Waals surface area contributed by atoms with E-state index in [-0.39, 0.29) is 11.3 Å². The third-order valence-electron chi connectivity index (χ3n) is 6.33. The summed E-state index contributed by atoms with van der Waals surface area (Å²) >= 11 is 0. The summed E-state index contributed by atoms with van der Waals surface area (Å²) < 4.78 is 18.0. The first-order chi connectivity index (χ1) is 18.3. The zero-order chi connectivity index (χ0) is 26.4. The monoisotopic (exact) mass is 494 g/mol. The van der Waals surface area contributed by atoms with Crippen molar-refractivity contribution in [1.82, 2.24) is 34.2 Å². The molecule has 0 radical (unpaired) electrons. The minimum absolute atomic E-state index is 0.182. The van der Waals surface area contributed by atoms with Crippen LogP contribution in [0.4, 0.5) is 11.5 Å². The van der Waals surface area contributed by atoms with Crippen molar-refractivity contribution in [3.63, 3.8) is 0 Å². The molecule has 1 atom stereocenters. The second kappa shape index (κ2) is 8.81. The molecule has 1 unspecified atom stereocenters. The van der Waals surface area contributed by atoms with E-state index in [9.17, 15) is 0 Å². The van der Waals surface area contributed by atoms with Gasteiger partial charge in [-0.15, -0.1) is 0 Å². The predicted molar refractivity (Wildman–Crippen MR) is 143 cm³/mol. The van der Waals surface area contributed by atoms with Crippen molar-refractivity contribution >= 4 is 34.4 Å². The fourth-order valence-corrected chi connectivity index (χ4v) is 4.49. The van der Waals surface area contributed by atoms with Crippen LogP contribution in [0.1, 0.15) is 33.4 Å². The number of benzene rings is 1. The number of pyridine rings is 1. The molecule has 1 aromatic carbocycles. The molecule has 0 amide bonds. The van der Waals surface area contributed by atoms with Crippen LogP contribution in [0.2, 0.25) is 0 Å². The van der Waals surface area contributed by atoms with E-state index in [1.807, 2.05) is 43.5 Å². The quantitative estimate of drug-likeness (QED) is 0.360. The highest BCUT2D eigenvalue weighted by Crippen LogP contribution is 2.39. The molecular formula is C27H27N9O. The standard InChI is InChI=1S/C27H27N9O/c1-17-11-18(5-6-22(17)37-19-8-10-35-23(12-19)29-14-32-35)34-26-25-24(31-16-36(25)33-15-30-26)20-7-9-28-13-21(20)27(2,3)4/h5-8,10-16,21H,9H2,1-4H3,(H,30,33,34)/i13D. The largest absolute Gasteiger partial charge is 0.457 e. The van der Waals surface area contributed by atoms with Gasteiger partial charge in [0.05, 0.1) is 13.6 Å². The van der Waals surface area contributed by atoms with Gasteiger partial charge in [0.25, 0.3) is 0 Å². The van der Waals surface area contributed by atoms with Crippen LogP contribution in [0.25, 0.3) is 16.7 Å². The molecule has 1 aliphatic heterocycles. The number of aliphatic imine (C=N–C) groups is 1. The number of allylic oxidation sites excluding steroid dienone is 1. The van der Waals surface area contributed by atoms with E-state index in [0.29, 0.717) is 29.9 Å². The van der Waals surface area contributed by atoms with Gasteiger partial charge in [-0.25, -0.2) is 24.0 Å². The number of nitrogens with zero attached hydrogens (tertiary/aromatic N) is 8. The Balaban J connectivity index is 1.31. The summed E-state index contributed by atoms with van der Waals surface area (Å²) in [6.07, 6.45) is 8.93. The molecule has 37 heavy (non-hydrogen) atoms. The molecule has 1 aliphatic rings. The Labute approximate surface area is 215 Å². The number of nitrogens with one attached hydrogen (secondary N) is 1. The lowest BCUT2D eigenvalue weighted by Crippen LogP contribution is -2.25. The lowest BCUT2D eigenvalue weighted by Gasteiger charge is -2.31. The van der Waals surface area contributed by atoms with E-state index in [1.54, 1.807) is 15.4 Å². The van der Waals surface area contributed by atoms with Gasteiger partial charge in [-0.1, -0.05) is 26.8 Å². The molecule has 186 valence electrons. The van der Waals surface area contributed by atoms with Crippen molar-refractivity contribution < 1.29 is 6.11 Å². The van der Waals surface area contributed by atoms with Crippen LogP contribution in [0.15, 0.2) is 66.6 Å². The summed E-state index contributed by atoms with van der Waals surface area (Å²) in [6.45, 7) is 8.80. The van der Waals surface area contributed by atoms with E-state index in [0.717, 1.165) is 33.8 Å². The predicted octanol–water partition coefficient (Wildman–Crippen LogP) is 5.14. The summed E-state index contributed by atoms with van der Waals surface area (Å²) in [4.78, 5) is 17.8. The molecule has 10 nitrogen and oxygen atoms in total. The molecule has 10 heteroatoms. The Kier molecular flexibility index (Phi) is 5.16. The molecular weight excluding hydrogens is 466 g/mol.